The second-order valence-corrected chi connectivity index (χ2v) is 9.01. The predicted molar refractivity (Wildman–Crippen MR) is 133 cm³/mol. The van der Waals surface area contributed by atoms with Crippen molar-refractivity contribution in [2.24, 2.45) is 0 Å². The number of benzene rings is 3. The Morgan fingerprint density at radius 1 is 1.03 bits per heavy atom. The maximum Gasteiger partial charge on any atom is 0.343 e. The third-order valence-electron chi connectivity index (χ3n) is 5.82. The summed E-state index contributed by atoms with van der Waals surface area (Å²) >= 11 is 3.49. The highest BCUT2D eigenvalue weighted by atomic mass is 79.9. The molecule has 3 aromatic rings. The first kappa shape index (κ1) is 23.9. The van der Waals surface area contributed by atoms with Crippen LogP contribution in [0, 0.1) is 6.92 Å². The van der Waals surface area contributed by atoms with E-state index in [2.05, 4.69) is 15.9 Å². The highest BCUT2D eigenvalue weighted by Gasteiger charge is 2.31. The number of halogens is 1. The molecule has 0 unspecified atom stereocenters. The smallest absolute Gasteiger partial charge is 0.343 e. The van der Waals surface area contributed by atoms with Crippen molar-refractivity contribution in [3.63, 3.8) is 0 Å². The molecule has 0 aliphatic carbocycles. The molecule has 2 aliphatic heterocycles. The molecule has 0 bridgehead atoms. The van der Waals surface area contributed by atoms with Crippen molar-refractivity contribution >= 4 is 33.8 Å². The number of carbonyl (C=O) groups excluding carboxylic acids is 2. The molecule has 3 aromatic carbocycles. The molecule has 184 valence electrons. The van der Waals surface area contributed by atoms with Crippen LogP contribution in [0.3, 0.4) is 0 Å². The Labute approximate surface area is 215 Å². The molecule has 0 spiro atoms. The van der Waals surface area contributed by atoms with Gasteiger partial charge in [-0.05, 0) is 49.4 Å². The van der Waals surface area contributed by atoms with E-state index in [9.17, 15) is 9.59 Å². The van der Waals surface area contributed by atoms with Crippen LogP contribution in [-0.4, -0.2) is 32.8 Å². The van der Waals surface area contributed by atoms with E-state index in [1.54, 1.807) is 43.3 Å². The van der Waals surface area contributed by atoms with E-state index in [0.29, 0.717) is 46.3 Å². The van der Waals surface area contributed by atoms with Gasteiger partial charge in [0, 0.05) is 27.2 Å². The zero-order chi connectivity index (χ0) is 25.4. The van der Waals surface area contributed by atoms with E-state index in [4.69, 9.17) is 28.4 Å². The fourth-order valence-electron chi connectivity index (χ4n) is 4.02. The average Bonchev–Trinajstić information content (AvgIpc) is 3.20. The SMILES string of the molecule is COc1cc(OC)cc(C(=O)Oc2ccc3c(c2C)O/C(=C\c2cc(Br)cc4c2OCOC4)C3=O)c1. The van der Waals surface area contributed by atoms with Gasteiger partial charge in [-0.25, -0.2) is 4.79 Å². The third kappa shape index (κ3) is 4.43. The maximum absolute atomic E-state index is 13.1. The first-order chi connectivity index (χ1) is 17.4. The van der Waals surface area contributed by atoms with Crippen molar-refractivity contribution in [1.29, 1.82) is 0 Å². The van der Waals surface area contributed by atoms with Gasteiger partial charge >= 0.3 is 5.97 Å². The molecule has 0 fully saturated rings. The van der Waals surface area contributed by atoms with Crippen LogP contribution in [-0.2, 0) is 11.3 Å². The van der Waals surface area contributed by atoms with Gasteiger partial charge in [0.15, 0.2) is 12.6 Å². The second kappa shape index (κ2) is 9.67. The van der Waals surface area contributed by atoms with Gasteiger partial charge in [-0.15, -0.1) is 0 Å². The molecule has 0 radical (unpaired) electrons. The molecule has 0 saturated heterocycles. The lowest BCUT2D eigenvalue weighted by molar-refractivity contribution is -0.0165. The van der Waals surface area contributed by atoms with Gasteiger partial charge in [-0.2, -0.15) is 0 Å². The minimum absolute atomic E-state index is 0.132. The number of ether oxygens (including phenoxy) is 6. The van der Waals surface area contributed by atoms with Crippen LogP contribution in [0.15, 0.2) is 52.7 Å². The molecule has 36 heavy (non-hydrogen) atoms. The average molecular weight is 553 g/mol. The summed E-state index contributed by atoms with van der Waals surface area (Å²) in [6.45, 7) is 2.27. The minimum Gasteiger partial charge on any atom is -0.497 e. The third-order valence-corrected chi connectivity index (χ3v) is 6.27. The Hall–Kier alpha value is -3.82. The molecule has 9 heteroatoms. The van der Waals surface area contributed by atoms with Crippen molar-refractivity contribution in [2.45, 2.75) is 13.5 Å². The quantitative estimate of drug-likeness (QED) is 0.233. The number of rotatable bonds is 5. The molecular weight excluding hydrogens is 532 g/mol. The number of hydrogen-bond acceptors (Lipinski definition) is 8. The molecule has 2 aliphatic rings. The lowest BCUT2D eigenvalue weighted by Gasteiger charge is -2.20. The lowest BCUT2D eigenvalue weighted by atomic mass is 10.0. The van der Waals surface area contributed by atoms with Gasteiger partial charge in [0.2, 0.25) is 5.78 Å². The van der Waals surface area contributed by atoms with Gasteiger partial charge in [0.05, 0.1) is 32.0 Å². The van der Waals surface area contributed by atoms with E-state index in [1.807, 2.05) is 12.1 Å². The monoisotopic (exact) mass is 552 g/mol. The van der Waals surface area contributed by atoms with Crippen LogP contribution in [0.25, 0.3) is 6.08 Å². The molecular formula is C27H21BrO8. The van der Waals surface area contributed by atoms with Crippen LogP contribution in [0.1, 0.15) is 37.4 Å². The topological polar surface area (TPSA) is 89.5 Å². The summed E-state index contributed by atoms with van der Waals surface area (Å²) in [5, 5.41) is 0. The van der Waals surface area contributed by atoms with Crippen LogP contribution in [0.2, 0.25) is 0 Å². The van der Waals surface area contributed by atoms with Crippen LogP contribution in [0.4, 0.5) is 0 Å². The summed E-state index contributed by atoms with van der Waals surface area (Å²) in [6.07, 6.45) is 1.64. The number of hydrogen-bond donors (Lipinski definition) is 0. The number of esters is 1. The van der Waals surface area contributed by atoms with E-state index in [1.165, 1.54) is 14.2 Å². The van der Waals surface area contributed by atoms with E-state index < -0.39 is 5.97 Å². The molecule has 0 atom stereocenters. The Balaban J connectivity index is 1.44. The second-order valence-electron chi connectivity index (χ2n) is 8.09. The highest BCUT2D eigenvalue weighted by molar-refractivity contribution is 9.10. The standard InChI is InChI=1S/C27H21BrO8/c1-14-22(36-27(30)16-8-19(31-2)11-20(9-16)32-3)5-4-21-24(29)23(35-25(14)21)10-15-6-18(28)7-17-12-33-13-34-26(15)17/h4-11H,12-13H2,1-3H3/b23-10-. The molecule has 0 N–H and O–H groups in total. The minimum atomic E-state index is -0.601. The van der Waals surface area contributed by atoms with Gasteiger partial charge in [-0.3, -0.25) is 4.79 Å². The summed E-state index contributed by atoms with van der Waals surface area (Å²) in [4.78, 5) is 26.0. The summed E-state index contributed by atoms with van der Waals surface area (Å²) < 4.78 is 33.9. The molecule has 0 saturated carbocycles. The molecule has 8 nitrogen and oxygen atoms in total. The van der Waals surface area contributed by atoms with E-state index in [0.717, 1.165) is 10.0 Å². The molecule has 0 amide bonds. The number of allylic oxidation sites excluding steroid dienone is 1. The van der Waals surface area contributed by atoms with Crippen molar-refractivity contribution in [3.8, 4) is 28.7 Å². The number of carbonyl (C=O) groups is 2. The first-order valence-electron chi connectivity index (χ1n) is 10.9. The summed E-state index contributed by atoms with van der Waals surface area (Å²) in [5.74, 6) is 1.44. The van der Waals surface area contributed by atoms with Gasteiger partial charge in [-0.1, -0.05) is 15.9 Å². The normalized spacial score (nSPS) is 15.0. The maximum atomic E-state index is 13.1. The van der Waals surface area contributed by atoms with Crippen molar-refractivity contribution in [1.82, 2.24) is 0 Å². The fourth-order valence-corrected chi connectivity index (χ4v) is 4.54. The molecule has 5 rings (SSSR count). The molecule has 2 heterocycles. The fraction of sp³-hybridized carbons (Fsp3) is 0.185. The Morgan fingerprint density at radius 3 is 2.50 bits per heavy atom. The number of methoxy groups -OCH3 is 2. The number of fused-ring (bicyclic) bond motifs is 2. The lowest BCUT2D eigenvalue weighted by Crippen LogP contribution is -2.12. The van der Waals surface area contributed by atoms with Crippen LogP contribution < -0.4 is 23.7 Å². The van der Waals surface area contributed by atoms with Gasteiger partial charge in [0.1, 0.15) is 28.7 Å². The predicted octanol–water partition coefficient (Wildman–Crippen LogP) is 5.48. The largest absolute Gasteiger partial charge is 0.497 e. The summed E-state index contributed by atoms with van der Waals surface area (Å²) in [7, 11) is 3.00. The Morgan fingerprint density at radius 2 is 1.78 bits per heavy atom. The van der Waals surface area contributed by atoms with Crippen molar-refractivity contribution < 1.29 is 38.0 Å². The van der Waals surface area contributed by atoms with Crippen molar-refractivity contribution in [3.05, 3.63) is 80.5 Å². The Bertz CT molecular complexity index is 1400. The highest BCUT2D eigenvalue weighted by Crippen LogP contribution is 2.41. The zero-order valence-corrected chi connectivity index (χ0v) is 21.3. The van der Waals surface area contributed by atoms with Gasteiger partial charge < -0.3 is 28.4 Å². The van der Waals surface area contributed by atoms with Gasteiger partial charge in [0.25, 0.3) is 0 Å². The summed E-state index contributed by atoms with van der Waals surface area (Å²) in [6, 6.07) is 11.7. The van der Waals surface area contributed by atoms with Crippen LogP contribution in [0.5, 0.6) is 28.7 Å². The number of Topliss-reactive ketones (excluding diaryl/α,β-unsaturated/α-hetero) is 1. The van der Waals surface area contributed by atoms with Crippen LogP contribution >= 0.6 is 15.9 Å². The van der Waals surface area contributed by atoms with E-state index in [-0.39, 0.29) is 29.6 Å². The Kier molecular flexibility index (Phi) is 6.42. The number of ketones is 1. The summed E-state index contributed by atoms with van der Waals surface area (Å²) in [5.41, 5.74) is 2.72. The first-order valence-corrected chi connectivity index (χ1v) is 11.7. The molecule has 0 aromatic heterocycles. The van der Waals surface area contributed by atoms with Crippen molar-refractivity contribution in [2.75, 3.05) is 21.0 Å². The zero-order valence-electron chi connectivity index (χ0n) is 19.7. The van der Waals surface area contributed by atoms with E-state index >= 15 is 0 Å².